The molecule has 0 saturated carbocycles. The summed E-state index contributed by atoms with van der Waals surface area (Å²) in [5.41, 5.74) is 4.11. The summed E-state index contributed by atoms with van der Waals surface area (Å²) in [7, 11) is 0. The Morgan fingerprint density at radius 1 is 1.08 bits per heavy atom. The number of urea groups is 1. The third-order valence-electron chi connectivity index (χ3n) is 4.59. The normalized spacial score (nSPS) is 16.4. The molecule has 1 fully saturated rings. The number of nitrogens with zero attached hydrogens (tertiary/aromatic N) is 2. The standard InChI is InChI=1S/C20H21N3O3/c1-5-22-13(3)10-15(14(22)4)11-17-18(24)21-20(26)23(19(17)25)16-8-6-7-12(2)9-16/h6-11H,5H2,1-4H3,(H,21,24,26)/b17-11+. The minimum Gasteiger partial charge on any atom is -0.349 e. The topological polar surface area (TPSA) is 71.4 Å². The van der Waals surface area contributed by atoms with Crippen LogP contribution in [0.1, 0.15) is 29.4 Å². The molecule has 1 saturated heterocycles. The number of rotatable bonds is 3. The van der Waals surface area contributed by atoms with Gasteiger partial charge in [-0.3, -0.25) is 14.9 Å². The molecule has 0 unspecified atom stereocenters. The Labute approximate surface area is 152 Å². The molecule has 0 bridgehead atoms. The summed E-state index contributed by atoms with van der Waals surface area (Å²) < 4.78 is 2.10. The number of amides is 4. The summed E-state index contributed by atoms with van der Waals surface area (Å²) >= 11 is 0. The summed E-state index contributed by atoms with van der Waals surface area (Å²) in [6.07, 6.45) is 1.56. The molecular formula is C20H21N3O3. The van der Waals surface area contributed by atoms with Gasteiger partial charge in [-0.25, -0.2) is 9.69 Å². The van der Waals surface area contributed by atoms with E-state index < -0.39 is 17.8 Å². The molecule has 1 N–H and O–H groups in total. The Hall–Kier alpha value is -3.15. The third-order valence-corrected chi connectivity index (χ3v) is 4.59. The molecule has 134 valence electrons. The van der Waals surface area contributed by atoms with Crippen LogP contribution in [0.3, 0.4) is 0 Å². The van der Waals surface area contributed by atoms with E-state index in [9.17, 15) is 14.4 Å². The summed E-state index contributed by atoms with van der Waals surface area (Å²) in [6, 6.07) is 8.23. The fourth-order valence-corrected chi connectivity index (χ4v) is 3.27. The van der Waals surface area contributed by atoms with Gasteiger partial charge in [-0.05, 0) is 63.1 Å². The average Bonchev–Trinajstić information content (AvgIpc) is 2.84. The number of aryl methyl sites for hydroxylation is 2. The molecule has 1 aliphatic rings. The van der Waals surface area contributed by atoms with Crippen molar-refractivity contribution in [3.8, 4) is 0 Å². The Morgan fingerprint density at radius 2 is 1.81 bits per heavy atom. The van der Waals surface area contributed by atoms with Gasteiger partial charge >= 0.3 is 6.03 Å². The maximum Gasteiger partial charge on any atom is 0.335 e. The average molecular weight is 351 g/mol. The third kappa shape index (κ3) is 2.94. The molecule has 1 aromatic carbocycles. The highest BCUT2D eigenvalue weighted by Gasteiger charge is 2.37. The highest BCUT2D eigenvalue weighted by Crippen LogP contribution is 2.24. The number of nitrogens with one attached hydrogen (secondary N) is 1. The van der Waals surface area contributed by atoms with Gasteiger partial charge in [0.05, 0.1) is 5.69 Å². The van der Waals surface area contributed by atoms with Crippen molar-refractivity contribution >= 4 is 29.6 Å². The van der Waals surface area contributed by atoms with E-state index in [-0.39, 0.29) is 5.57 Å². The number of carbonyl (C=O) groups is 3. The van der Waals surface area contributed by atoms with Crippen LogP contribution < -0.4 is 10.2 Å². The molecule has 1 aromatic heterocycles. The van der Waals surface area contributed by atoms with Gasteiger partial charge in [0.25, 0.3) is 11.8 Å². The van der Waals surface area contributed by atoms with Gasteiger partial charge in [0.1, 0.15) is 5.57 Å². The second kappa shape index (κ2) is 6.63. The fraction of sp³-hybridized carbons (Fsp3) is 0.250. The summed E-state index contributed by atoms with van der Waals surface area (Å²) in [6.45, 7) is 8.63. The number of benzene rings is 1. The predicted octanol–water partition coefficient (Wildman–Crippen LogP) is 3.10. The van der Waals surface area contributed by atoms with Crippen molar-refractivity contribution in [3.63, 3.8) is 0 Å². The Morgan fingerprint density at radius 3 is 2.42 bits per heavy atom. The molecule has 6 nitrogen and oxygen atoms in total. The quantitative estimate of drug-likeness (QED) is 0.682. The lowest BCUT2D eigenvalue weighted by atomic mass is 10.1. The number of carbonyl (C=O) groups excluding carboxylic acids is 3. The van der Waals surface area contributed by atoms with Gasteiger partial charge in [-0.15, -0.1) is 0 Å². The van der Waals surface area contributed by atoms with Crippen molar-refractivity contribution in [1.82, 2.24) is 9.88 Å². The Balaban J connectivity index is 2.06. The van der Waals surface area contributed by atoms with Gasteiger partial charge in [0.2, 0.25) is 0 Å². The van der Waals surface area contributed by atoms with Crippen LogP contribution in [-0.4, -0.2) is 22.4 Å². The molecule has 26 heavy (non-hydrogen) atoms. The zero-order valence-electron chi connectivity index (χ0n) is 15.3. The van der Waals surface area contributed by atoms with Gasteiger partial charge in [0.15, 0.2) is 0 Å². The van der Waals surface area contributed by atoms with Crippen LogP contribution in [0.4, 0.5) is 10.5 Å². The number of imide groups is 2. The largest absolute Gasteiger partial charge is 0.349 e. The molecule has 3 rings (SSSR count). The monoisotopic (exact) mass is 351 g/mol. The molecule has 2 aromatic rings. The van der Waals surface area contributed by atoms with E-state index >= 15 is 0 Å². The van der Waals surface area contributed by atoms with Crippen molar-refractivity contribution in [3.05, 3.63) is 58.4 Å². The first kappa shape index (κ1) is 17.7. The number of anilines is 1. The van der Waals surface area contributed by atoms with Crippen LogP contribution in [0, 0.1) is 20.8 Å². The summed E-state index contributed by atoms with van der Waals surface area (Å²) in [5.74, 6) is -1.30. The maximum absolute atomic E-state index is 12.9. The van der Waals surface area contributed by atoms with Crippen LogP contribution in [0.5, 0.6) is 0 Å². The molecule has 0 radical (unpaired) electrons. The van der Waals surface area contributed by atoms with E-state index in [0.29, 0.717) is 5.69 Å². The van der Waals surface area contributed by atoms with Crippen molar-refractivity contribution in [2.75, 3.05) is 4.90 Å². The van der Waals surface area contributed by atoms with Crippen LogP contribution in [0.15, 0.2) is 35.9 Å². The molecule has 6 heteroatoms. The molecule has 4 amide bonds. The molecule has 0 spiro atoms. The zero-order valence-corrected chi connectivity index (χ0v) is 15.3. The van der Waals surface area contributed by atoms with Crippen molar-refractivity contribution in [2.24, 2.45) is 0 Å². The molecule has 0 aliphatic carbocycles. The molecule has 0 atom stereocenters. The van der Waals surface area contributed by atoms with Crippen LogP contribution in [-0.2, 0) is 16.1 Å². The first-order chi connectivity index (χ1) is 12.3. The van der Waals surface area contributed by atoms with Crippen LogP contribution in [0.2, 0.25) is 0 Å². The van der Waals surface area contributed by atoms with Gasteiger partial charge in [-0.1, -0.05) is 12.1 Å². The minimum atomic E-state index is -0.734. The first-order valence-electron chi connectivity index (χ1n) is 8.48. The number of hydrogen-bond acceptors (Lipinski definition) is 3. The van der Waals surface area contributed by atoms with Gasteiger partial charge < -0.3 is 4.57 Å². The van der Waals surface area contributed by atoms with Crippen LogP contribution in [0.25, 0.3) is 6.08 Å². The predicted molar refractivity (Wildman–Crippen MR) is 99.8 cm³/mol. The maximum atomic E-state index is 12.9. The van der Waals surface area contributed by atoms with Crippen molar-refractivity contribution in [2.45, 2.75) is 34.2 Å². The lowest BCUT2D eigenvalue weighted by Gasteiger charge is -2.26. The lowest BCUT2D eigenvalue weighted by Crippen LogP contribution is -2.54. The van der Waals surface area contributed by atoms with E-state index in [1.807, 2.05) is 39.8 Å². The molecule has 2 heterocycles. The fourth-order valence-electron chi connectivity index (χ4n) is 3.27. The second-order valence-electron chi connectivity index (χ2n) is 6.37. The second-order valence-corrected chi connectivity index (χ2v) is 6.37. The first-order valence-corrected chi connectivity index (χ1v) is 8.48. The highest BCUT2D eigenvalue weighted by atomic mass is 16.2. The lowest BCUT2D eigenvalue weighted by molar-refractivity contribution is -0.122. The van der Waals surface area contributed by atoms with Gasteiger partial charge in [-0.2, -0.15) is 0 Å². The Bertz CT molecular complexity index is 953. The molecular weight excluding hydrogens is 330 g/mol. The molecule has 1 aliphatic heterocycles. The number of aromatic nitrogens is 1. The zero-order chi connectivity index (χ0) is 19.0. The van der Waals surface area contributed by atoms with E-state index in [4.69, 9.17) is 0 Å². The Kier molecular flexibility index (Phi) is 4.50. The van der Waals surface area contributed by atoms with E-state index in [0.717, 1.165) is 34.0 Å². The summed E-state index contributed by atoms with van der Waals surface area (Å²) in [4.78, 5) is 38.4. The van der Waals surface area contributed by atoms with E-state index in [1.54, 1.807) is 24.3 Å². The highest BCUT2D eigenvalue weighted by molar-refractivity contribution is 6.39. The summed E-state index contributed by atoms with van der Waals surface area (Å²) in [5, 5.41) is 2.26. The SMILES string of the molecule is CCn1c(C)cc(/C=C2\C(=O)NC(=O)N(c3cccc(C)c3)C2=O)c1C. The van der Waals surface area contributed by atoms with Crippen molar-refractivity contribution in [1.29, 1.82) is 0 Å². The van der Waals surface area contributed by atoms with E-state index in [1.165, 1.54) is 0 Å². The smallest absolute Gasteiger partial charge is 0.335 e. The van der Waals surface area contributed by atoms with Gasteiger partial charge in [0, 0.05) is 17.9 Å². The number of barbiturate groups is 1. The van der Waals surface area contributed by atoms with Crippen molar-refractivity contribution < 1.29 is 14.4 Å². The number of hydrogen-bond donors (Lipinski definition) is 1. The van der Waals surface area contributed by atoms with Crippen LogP contribution >= 0.6 is 0 Å². The minimum absolute atomic E-state index is 0.0533. The van der Waals surface area contributed by atoms with E-state index in [2.05, 4.69) is 9.88 Å².